The van der Waals surface area contributed by atoms with Crippen LogP contribution in [0.3, 0.4) is 0 Å². The minimum atomic E-state index is -0.555. The Kier molecular flexibility index (Phi) is 17.5. The van der Waals surface area contributed by atoms with E-state index in [4.69, 9.17) is 14.0 Å². The van der Waals surface area contributed by atoms with Gasteiger partial charge in [0.05, 0.1) is 0 Å². The maximum Gasteiger partial charge on any atom is 0.639 e. The van der Waals surface area contributed by atoms with Crippen molar-refractivity contribution in [3.8, 4) is 0 Å². The summed E-state index contributed by atoms with van der Waals surface area (Å²) in [7, 11) is -0.555. The summed E-state index contributed by atoms with van der Waals surface area (Å²) in [6.45, 7) is 8.24. The second kappa shape index (κ2) is 18.2. The standard InChI is InChI=1S/C18H33BO3/c1-4-7-10-13-16-20-19(21-17-14-11-8-5-2)22-18-15-12-9-6-3/h7-12H,4-6,13-18H2,1-3H3/b10-7-,11-8?,12-9?. The highest BCUT2D eigenvalue weighted by Gasteiger charge is 2.20. The molecule has 4 heteroatoms. The topological polar surface area (TPSA) is 27.7 Å². The van der Waals surface area contributed by atoms with Crippen LogP contribution < -0.4 is 0 Å². The van der Waals surface area contributed by atoms with Crippen molar-refractivity contribution in [2.45, 2.75) is 59.3 Å². The largest absolute Gasteiger partial charge is 0.639 e. The molecule has 0 aliphatic rings. The number of hydrogen-bond acceptors (Lipinski definition) is 3. The molecule has 0 N–H and O–H groups in total. The van der Waals surface area contributed by atoms with Crippen molar-refractivity contribution in [1.82, 2.24) is 0 Å². The Morgan fingerprint density at radius 3 is 1.14 bits per heavy atom. The molecule has 0 aliphatic heterocycles. The van der Waals surface area contributed by atoms with Gasteiger partial charge in [-0.1, -0.05) is 57.2 Å². The van der Waals surface area contributed by atoms with E-state index in [1.807, 2.05) is 0 Å². The van der Waals surface area contributed by atoms with Crippen LogP contribution in [-0.4, -0.2) is 27.1 Å². The molecule has 0 saturated heterocycles. The Labute approximate surface area is 137 Å². The van der Waals surface area contributed by atoms with Crippen LogP contribution in [-0.2, 0) is 14.0 Å². The van der Waals surface area contributed by atoms with Gasteiger partial charge in [0.1, 0.15) is 0 Å². The van der Waals surface area contributed by atoms with Gasteiger partial charge in [-0.05, 0) is 38.5 Å². The zero-order valence-corrected chi connectivity index (χ0v) is 14.6. The molecule has 0 amide bonds. The Morgan fingerprint density at radius 2 is 0.864 bits per heavy atom. The monoisotopic (exact) mass is 308 g/mol. The summed E-state index contributed by atoms with van der Waals surface area (Å²) in [5.74, 6) is 0. The maximum absolute atomic E-state index is 5.66. The smallest absolute Gasteiger partial charge is 0.386 e. The molecular weight excluding hydrogens is 275 g/mol. The zero-order chi connectivity index (χ0) is 16.3. The molecule has 0 spiro atoms. The molecular formula is C18H33BO3. The maximum atomic E-state index is 5.66. The van der Waals surface area contributed by atoms with E-state index in [0.717, 1.165) is 38.5 Å². The van der Waals surface area contributed by atoms with Gasteiger partial charge >= 0.3 is 7.32 Å². The van der Waals surface area contributed by atoms with Crippen molar-refractivity contribution in [3.05, 3.63) is 36.5 Å². The first-order valence-corrected chi connectivity index (χ1v) is 8.64. The fourth-order valence-corrected chi connectivity index (χ4v) is 1.69. The van der Waals surface area contributed by atoms with Gasteiger partial charge in [0.25, 0.3) is 0 Å². The van der Waals surface area contributed by atoms with Crippen LogP contribution in [0, 0.1) is 0 Å². The summed E-state index contributed by atoms with van der Waals surface area (Å²) in [5, 5.41) is 0. The molecule has 0 unspecified atom stereocenters. The molecule has 0 bridgehead atoms. The van der Waals surface area contributed by atoms with E-state index in [0.29, 0.717) is 19.8 Å². The van der Waals surface area contributed by atoms with Gasteiger partial charge in [0.2, 0.25) is 0 Å². The Hall–Kier alpha value is -0.835. The SMILES string of the molecule is CCC=CCCOB(OCCC=CCC)OCC/C=C\CC. The van der Waals surface area contributed by atoms with Crippen molar-refractivity contribution in [2.24, 2.45) is 0 Å². The summed E-state index contributed by atoms with van der Waals surface area (Å²) in [4.78, 5) is 0. The molecule has 0 heterocycles. The summed E-state index contributed by atoms with van der Waals surface area (Å²) in [6.07, 6.45) is 18.7. The van der Waals surface area contributed by atoms with Gasteiger partial charge in [0.15, 0.2) is 0 Å². The molecule has 0 aromatic heterocycles. The lowest BCUT2D eigenvalue weighted by Gasteiger charge is -2.13. The van der Waals surface area contributed by atoms with Crippen LogP contribution in [0.5, 0.6) is 0 Å². The highest BCUT2D eigenvalue weighted by molar-refractivity contribution is 6.36. The van der Waals surface area contributed by atoms with Crippen molar-refractivity contribution < 1.29 is 14.0 Å². The third kappa shape index (κ3) is 15.6. The van der Waals surface area contributed by atoms with E-state index in [1.165, 1.54) is 0 Å². The van der Waals surface area contributed by atoms with E-state index in [9.17, 15) is 0 Å². The normalized spacial score (nSPS) is 12.1. The van der Waals surface area contributed by atoms with Gasteiger partial charge < -0.3 is 14.0 Å². The lowest BCUT2D eigenvalue weighted by Crippen LogP contribution is -2.28. The van der Waals surface area contributed by atoms with E-state index < -0.39 is 7.32 Å². The second-order valence-electron chi connectivity index (χ2n) is 4.91. The van der Waals surface area contributed by atoms with E-state index in [-0.39, 0.29) is 0 Å². The number of hydrogen-bond donors (Lipinski definition) is 0. The Bertz CT molecular complexity index is 253. The van der Waals surface area contributed by atoms with Gasteiger partial charge in [-0.2, -0.15) is 0 Å². The first-order chi connectivity index (χ1) is 10.8. The lowest BCUT2D eigenvalue weighted by atomic mass is 10.2. The first kappa shape index (κ1) is 21.2. The summed E-state index contributed by atoms with van der Waals surface area (Å²) in [5.41, 5.74) is 0. The fourth-order valence-electron chi connectivity index (χ4n) is 1.69. The summed E-state index contributed by atoms with van der Waals surface area (Å²) in [6, 6.07) is 0. The van der Waals surface area contributed by atoms with E-state index in [2.05, 4.69) is 57.2 Å². The van der Waals surface area contributed by atoms with Crippen LogP contribution in [0.2, 0.25) is 0 Å². The van der Waals surface area contributed by atoms with Crippen LogP contribution in [0.15, 0.2) is 36.5 Å². The molecule has 0 radical (unpaired) electrons. The van der Waals surface area contributed by atoms with Gasteiger partial charge in [-0.15, -0.1) is 0 Å². The average molecular weight is 308 g/mol. The van der Waals surface area contributed by atoms with Gasteiger partial charge in [-0.3, -0.25) is 0 Å². The molecule has 3 nitrogen and oxygen atoms in total. The highest BCUT2D eigenvalue weighted by atomic mass is 16.7. The molecule has 0 saturated carbocycles. The minimum Gasteiger partial charge on any atom is -0.386 e. The molecule has 0 fully saturated rings. The molecule has 0 rings (SSSR count). The van der Waals surface area contributed by atoms with Crippen molar-refractivity contribution in [2.75, 3.05) is 19.8 Å². The molecule has 0 atom stereocenters. The minimum absolute atomic E-state index is 0.555. The second-order valence-corrected chi connectivity index (χ2v) is 4.91. The Balaban J connectivity index is 3.93. The molecule has 0 aromatic carbocycles. The zero-order valence-electron chi connectivity index (χ0n) is 14.6. The lowest BCUT2D eigenvalue weighted by molar-refractivity contribution is 0.0974. The molecule has 126 valence electrons. The quantitative estimate of drug-likeness (QED) is 0.239. The van der Waals surface area contributed by atoms with Crippen LogP contribution in [0.25, 0.3) is 0 Å². The number of allylic oxidation sites excluding steroid dienone is 3. The van der Waals surface area contributed by atoms with E-state index in [1.54, 1.807) is 0 Å². The fraction of sp³-hybridized carbons (Fsp3) is 0.667. The predicted molar refractivity (Wildman–Crippen MR) is 95.8 cm³/mol. The van der Waals surface area contributed by atoms with Gasteiger partial charge in [0, 0.05) is 19.8 Å². The third-order valence-electron chi connectivity index (χ3n) is 2.82. The predicted octanol–water partition coefficient (Wildman–Crippen LogP) is 5.09. The highest BCUT2D eigenvalue weighted by Crippen LogP contribution is 2.00. The Morgan fingerprint density at radius 1 is 0.545 bits per heavy atom. The van der Waals surface area contributed by atoms with Crippen molar-refractivity contribution in [3.63, 3.8) is 0 Å². The van der Waals surface area contributed by atoms with Crippen LogP contribution in [0.1, 0.15) is 59.3 Å². The van der Waals surface area contributed by atoms with Crippen molar-refractivity contribution >= 4 is 7.32 Å². The molecule has 0 aliphatic carbocycles. The molecule has 0 aromatic rings. The third-order valence-corrected chi connectivity index (χ3v) is 2.82. The van der Waals surface area contributed by atoms with Gasteiger partial charge in [-0.25, -0.2) is 0 Å². The number of rotatable bonds is 15. The average Bonchev–Trinajstić information content (AvgIpc) is 2.53. The van der Waals surface area contributed by atoms with Crippen LogP contribution in [0.4, 0.5) is 0 Å². The molecule has 22 heavy (non-hydrogen) atoms. The first-order valence-electron chi connectivity index (χ1n) is 8.64. The van der Waals surface area contributed by atoms with E-state index >= 15 is 0 Å². The van der Waals surface area contributed by atoms with Crippen LogP contribution >= 0.6 is 0 Å². The summed E-state index contributed by atoms with van der Waals surface area (Å²) < 4.78 is 17.0. The summed E-state index contributed by atoms with van der Waals surface area (Å²) >= 11 is 0. The van der Waals surface area contributed by atoms with Crippen molar-refractivity contribution in [1.29, 1.82) is 0 Å².